The van der Waals surface area contributed by atoms with E-state index in [9.17, 15) is 9.59 Å². The van der Waals surface area contributed by atoms with E-state index in [-0.39, 0.29) is 17.5 Å². The summed E-state index contributed by atoms with van der Waals surface area (Å²) in [4.78, 5) is 33.0. The standard InChI is InChI=1S/C23H27N5O2S/c1-15-8-10-17(11-9-15)28-21-19(13-24-28)22(30)27-18(14-31-23(27)25-21)12-20(29)26(2)16-6-4-3-5-7-16/h8-11,13,16,18H,3-7,12,14H2,1-2H3. The lowest BCUT2D eigenvalue weighted by atomic mass is 9.94. The van der Waals surface area contributed by atoms with Crippen LogP contribution in [0, 0.1) is 6.92 Å². The largest absolute Gasteiger partial charge is 0.343 e. The number of rotatable bonds is 4. The fourth-order valence-electron chi connectivity index (χ4n) is 4.67. The van der Waals surface area contributed by atoms with Gasteiger partial charge in [-0.3, -0.25) is 14.2 Å². The molecule has 0 saturated heterocycles. The number of carbonyl (C=O) groups is 1. The zero-order chi connectivity index (χ0) is 21.5. The molecule has 1 unspecified atom stereocenters. The van der Waals surface area contributed by atoms with Gasteiger partial charge in [0.25, 0.3) is 5.56 Å². The maximum atomic E-state index is 13.3. The number of hydrogen-bond acceptors (Lipinski definition) is 5. The van der Waals surface area contributed by atoms with E-state index in [1.807, 2.05) is 43.1 Å². The van der Waals surface area contributed by atoms with Gasteiger partial charge in [0, 0.05) is 25.3 Å². The molecular formula is C23H27N5O2S. The van der Waals surface area contributed by atoms with Crippen molar-refractivity contribution in [1.82, 2.24) is 24.2 Å². The molecule has 162 valence electrons. The maximum absolute atomic E-state index is 13.3. The number of nitrogens with zero attached hydrogens (tertiary/aromatic N) is 5. The van der Waals surface area contributed by atoms with Gasteiger partial charge in [-0.25, -0.2) is 9.67 Å². The molecule has 1 aliphatic heterocycles. The summed E-state index contributed by atoms with van der Waals surface area (Å²) in [5.41, 5.74) is 2.50. The van der Waals surface area contributed by atoms with Crippen LogP contribution in [-0.4, -0.2) is 49.0 Å². The molecule has 0 N–H and O–H groups in total. The number of thioether (sulfide) groups is 1. The smallest absolute Gasteiger partial charge is 0.265 e. The van der Waals surface area contributed by atoms with Crippen molar-refractivity contribution in [2.24, 2.45) is 0 Å². The maximum Gasteiger partial charge on any atom is 0.265 e. The van der Waals surface area contributed by atoms with Crippen LogP contribution in [0.25, 0.3) is 16.7 Å². The summed E-state index contributed by atoms with van der Waals surface area (Å²) < 4.78 is 3.42. The van der Waals surface area contributed by atoms with Crippen molar-refractivity contribution in [1.29, 1.82) is 0 Å². The van der Waals surface area contributed by atoms with Gasteiger partial charge in [0.2, 0.25) is 5.91 Å². The zero-order valence-electron chi connectivity index (χ0n) is 18.0. The Morgan fingerprint density at radius 3 is 2.68 bits per heavy atom. The molecule has 3 heterocycles. The first-order chi connectivity index (χ1) is 15.0. The molecule has 0 bridgehead atoms. The molecule has 31 heavy (non-hydrogen) atoms. The van der Waals surface area contributed by atoms with E-state index < -0.39 is 0 Å². The third-order valence-corrected chi connectivity index (χ3v) is 7.67. The quantitative estimate of drug-likeness (QED) is 0.582. The number of fused-ring (bicyclic) bond motifs is 2. The number of amides is 1. The summed E-state index contributed by atoms with van der Waals surface area (Å²) >= 11 is 1.54. The van der Waals surface area contributed by atoms with E-state index in [1.54, 1.807) is 27.2 Å². The second kappa shape index (κ2) is 8.15. The van der Waals surface area contributed by atoms with E-state index in [0.29, 0.717) is 34.4 Å². The van der Waals surface area contributed by atoms with E-state index in [1.165, 1.54) is 19.3 Å². The monoisotopic (exact) mass is 437 g/mol. The lowest BCUT2D eigenvalue weighted by Gasteiger charge is -2.32. The molecule has 1 aliphatic carbocycles. The van der Waals surface area contributed by atoms with Crippen molar-refractivity contribution in [3.8, 4) is 5.69 Å². The summed E-state index contributed by atoms with van der Waals surface area (Å²) in [5.74, 6) is 0.810. The Bertz CT molecular complexity index is 1180. The zero-order valence-corrected chi connectivity index (χ0v) is 18.8. The van der Waals surface area contributed by atoms with Crippen molar-refractivity contribution in [3.05, 3.63) is 46.4 Å². The predicted octanol–water partition coefficient (Wildman–Crippen LogP) is 3.72. The molecule has 1 fully saturated rings. The Labute approximate surface area is 185 Å². The average molecular weight is 438 g/mol. The van der Waals surface area contributed by atoms with Crippen molar-refractivity contribution in [2.75, 3.05) is 12.8 Å². The van der Waals surface area contributed by atoms with Crippen LogP contribution in [0.3, 0.4) is 0 Å². The molecule has 0 spiro atoms. The normalized spacial score (nSPS) is 19.0. The number of benzene rings is 1. The average Bonchev–Trinajstić information content (AvgIpc) is 3.39. The number of aryl methyl sites for hydroxylation is 1. The van der Waals surface area contributed by atoms with E-state index in [4.69, 9.17) is 4.98 Å². The Balaban J connectivity index is 1.43. The Morgan fingerprint density at radius 2 is 1.94 bits per heavy atom. The Kier molecular flexibility index (Phi) is 5.33. The van der Waals surface area contributed by atoms with Crippen molar-refractivity contribution in [2.45, 2.75) is 62.7 Å². The molecule has 7 nitrogen and oxygen atoms in total. The van der Waals surface area contributed by atoms with Gasteiger partial charge in [0.1, 0.15) is 5.39 Å². The van der Waals surface area contributed by atoms with Crippen LogP contribution < -0.4 is 5.56 Å². The van der Waals surface area contributed by atoms with Crippen LogP contribution >= 0.6 is 11.8 Å². The molecule has 2 aromatic heterocycles. The second-order valence-electron chi connectivity index (χ2n) is 8.66. The molecule has 3 aromatic rings. The summed E-state index contributed by atoms with van der Waals surface area (Å²) in [6, 6.07) is 8.16. The molecule has 1 aromatic carbocycles. The van der Waals surface area contributed by atoms with Crippen LogP contribution in [0.15, 0.2) is 40.4 Å². The van der Waals surface area contributed by atoms with Crippen LogP contribution in [0.1, 0.15) is 50.1 Å². The summed E-state index contributed by atoms with van der Waals surface area (Å²) in [6.07, 6.45) is 7.74. The van der Waals surface area contributed by atoms with Gasteiger partial charge in [0.05, 0.1) is 17.9 Å². The SMILES string of the molecule is Cc1ccc(-n2ncc3c(=O)n4c(nc32)SCC4CC(=O)N(C)C2CCCCC2)cc1. The van der Waals surface area contributed by atoms with Crippen LogP contribution in [0.2, 0.25) is 0 Å². The van der Waals surface area contributed by atoms with Gasteiger partial charge in [-0.05, 0) is 31.9 Å². The molecular weight excluding hydrogens is 410 g/mol. The summed E-state index contributed by atoms with van der Waals surface area (Å²) in [7, 11) is 1.91. The first-order valence-electron chi connectivity index (χ1n) is 11.0. The molecule has 1 amide bonds. The highest BCUT2D eigenvalue weighted by Crippen LogP contribution is 2.34. The minimum atomic E-state index is -0.161. The molecule has 1 atom stereocenters. The van der Waals surface area contributed by atoms with Gasteiger partial charge in [-0.2, -0.15) is 5.10 Å². The highest BCUT2D eigenvalue weighted by Gasteiger charge is 2.31. The first kappa shape index (κ1) is 20.3. The fraction of sp³-hybridized carbons (Fsp3) is 0.478. The van der Waals surface area contributed by atoms with E-state index in [2.05, 4.69) is 5.10 Å². The number of carbonyl (C=O) groups excluding carboxylic acids is 1. The Morgan fingerprint density at radius 1 is 1.19 bits per heavy atom. The fourth-order valence-corrected chi connectivity index (χ4v) is 5.80. The van der Waals surface area contributed by atoms with Crippen LogP contribution in [0.5, 0.6) is 0 Å². The van der Waals surface area contributed by atoms with Gasteiger partial charge in [-0.15, -0.1) is 0 Å². The highest BCUT2D eigenvalue weighted by atomic mass is 32.2. The van der Waals surface area contributed by atoms with Crippen molar-refractivity contribution in [3.63, 3.8) is 0 Å². The van der Waals surface area contributed by atoms with Gasteiger partial charge >= 0.3 is 0 Å². The third kappa shape index (κ3) is 3.67. The number of aromatic nitrogens is 4. The minimum Gasteiger partial charge on any atom is -0.343 e. The summed E-state index contributed by atoms with van der Waals surface area (Å²) in [5, 5.41) is 5.59. The lowest BCUT2D eigenvalue weighted by molar-refractivity contribution is -0.133. The topological polar surface area (TPSA) is 73.0 Å². The van der Waals surface area contributed by atoms with Crippen molar-refractivity contribution >= 4 is 28.7 Å². The minimum absolute atomic E-state index is 0.110. The van der Waals surface area contributed by atoms with Crippen LogP contribution in [-0.2, 0) is 4.79 Å². The molecule has 2 aliphatic rings. The van der Waals surface area contributed by atoms with Crippen molar-refractivity contribution < 1.29 is 4.79 Å². The van der Waals surface area contributed by atoms with E-state index >= 15 is 0 Å². The van der Waals surface area contributed by atoms with Crippen LogP contribution in [0.4, 0.5) is 0 Å². The van der Waals surface area contributed by atoms with Gasteiger partial charge < -0.3 is 4.90 Å². The molecule has 1 saturated carbocycles. The molecule has 5 rings (SSSR count). The first-order valence-corrected chi connectivity index (χ1v) is 12.0. The second-order valence-corrected chi connectivity index (χ2v) is 9.65. The lowest BCUT2D eigenvalue weighted by Crippen LogP contribution is -2.39. The molecule has 8 heteroatoms. The Hall–Kier alpha value is -2.61. The van der Waals surface area contributed by atoms with E-state index in [0.717, 1.165) is 24.1 Å². The summed E-state index contributed by atoms with van der Waals surface area (Å²) in [6.45, 7) is 2.03. The van der Waals surface area contributed by atoms with Gasteiger partial charge in [-0.1, -0.05) is 48.7 Å². The van der Waals surface area contributed by atoms with Gasteiger partial charge in [0.15, 0.2) is 10.8 Å². The third-order valence-electron chi connectivity index (χ3n) is 6.58. The molecule has 0 radical (unpaired) electrons. The highest BCUT2D eigenvalue weighted by molar-refractivity contribution is 7.99. The number of hydrogen-bond donors (Lipinski definition) is 0. The predicted molar refractivity (Wildman–Crippen MR) is 122 cm³/mol.